The van der Waals surface area contributed by atoms with E-state index in [9.17, 15) is 14.7 Å². The molecule has 1 fully saturated rings. The number of ether oxygens (including phenoxy) is 1. The molecule has 4 rings (SSSR count). The number of aliphatic hydroxyl groups is 1. The summed E-state index contributed by atoms with van der Waals surface area (Å²) in [6, 6.07) is 19.9. The lowest BCUT2D eigenvalue weighted by Gasteiger charge is -2.27. The van der Waals surface area contributed by atoms with Gasteiger partial charge in [0.15, 0.2) is 0 Å². The van der Waals surface area contributed by atoms with E-state index in [4.69, 9.17) is 4.74 Å². The van der Waals surface area contributed by atoms with E-state index in [1.807, 2.05) is 80.5 Å². The third-order valence-electron chi connectivity index (χ3n) is 6.79. The van der Waals surface area contributed by atoms with Gasteiger partial charge in [-0.1, -0.05) is 56.7 Å². The smallest absolute Gasteiger partial charge is 0.300 e. The summed E-state index contributed by atoms with van der Waals surface area (Å²) in [5.74, 6) is -1.25. The first-order chi connectivity index (χ1) is 17.4. The van der Waals surface area contributed by atoms with Gasteiger partial charge in [0.25, 0.3) is 11.7 Å². The third-order valence-corrected chi connectivity index (χ3v) is 6.79. The number of aliphatic hydroxyl groups excluding tert-OH is 1. The van der Waals surface area contributed by atoms with Gasteiger partial charge in [-0.05, 0) is 59.9 Å². The second-order valence-corrected chi connectivity index (χ2v) is 10.7. The number of carbonyl (C=O) groups is 2. The molecule has 1 aliphatic rings. The van der Waals surface area contributed by atoms with E-state index >= 15 is 0 Å². The lowest BCUT2D eigenvalue weighted by atomic mass is 9.87. The van der Waals surface area contributed by atoms with Crippen LogP contribution in [-0.2, 0) is 15.0 Å². The standard InChI is InChI=1S/C31H34N2O4/c1-19-8-17-25(37-7)24(18-19)28(34)26-27(20-9-13-22(14-10-20)32(5)6)33(30(36)29(26)35)23-15-11-21(12-16-23)31(2,3)4/h8-18,27,34H,1-7H3/b28-26+. The maximum atomic E-state index is 13.5. The molecule has 6 nitrogen and oxygen atoms in total. The highest BCUT2D eigenvalue weighted by Crippen LogP contribution is 2.44. The quantitative estimate of drug-likeness (QED) is 0.266. The predicted octanol–water partition coefficient (Wildman–Crippen LogP) is 5.99. The van der Waals surface area contributed by atoms with E-state index in [0.29, 0.717) is 17.0 Å². The summed E-state index contributed by atoms with van der Waals surface area (Å²) in [6.45, 7) is 8.25. The zero-order valence-corrected chi connectivity index (χ0v) is 22.5. The molecular formula is C31H34N2O4. The molecule has 3 aromatic rings. The van der Waals surface area contributed by atoms with Crippen LogP contribution < -0.4 is 14.5 Å². The van der Waals surface area contributed by atoms with Crippen molar-refractivity contribution >= 4 is 28.8 Å². The summed E-state index contributed by atoms with van der Waals surface area (Å²) in [5.41, 5.74) is 4.64. The average Bonchev–Trinajstić information content (AvgIpc) is 3.13. The van der Waals surface area contributed by atoms with Crippen LogP contribution in [0.5, 0.6) is 5.75 Å². The fraction of sp³-hybridized carbons (Fsp3) is 0.290. The number of hydrogen-bond donors (Lipinski definition) is 1. The highest BCUT2D eigenvalue weighted by Gasteiger charge is 2.47. The van der Waals surface area contributed by atoms with E-state index in [-0.39, 0.29) is 16.7 Å². The number of methoxy groups -OCH3 is 1. The Labute approximate surface area is 218 Å². The summed E-state index contributed by atoms with van der Waals surface area (Å²) in [7, 11) is 5.40. The number of anilines is 2. The SMILES string of the molecule is COc1ccc(C)cc1/C(O)=C1\C(=O)C(=O)N(c2ccc(C(C)(C)C)cc2)C1c1ccc(N(C)C)cc1. The van der Waals surface area contributed by atoms with Gasteiger partial charge >= 0.3 is 0 Å². The normalized spacial score (nSPS) is 17.3. The van der Waals surface area contributed by atoms with Crippen molar-refractivity contribution in [2.75, 3.05) is 31.0 Å². The molecule has 1 atom stereocenters. The van der Waals surface area contributed by atoms with Crippen molar-refractivity contribution in [2.45, 2.75) is 39.2 Å². The van der Waals surface area contributed by atoms with Crippen LogP contribution in [0.1, 0.15) is 49.1 Å². The maximum Gasteiger partial charge on any atom is 0.300 e. The molecule has 6 heteroatoms. The van der Waals surface area contributed by atoms with Gasteiger partial charge in [-0.3, -0.25) is 14.5 Å². The summed E-state index contributed by atoms with van der Waals surface area (Å²) in [6.07, 6.45) is 0. The van der Waals surface area contributed by atoms with Crippen LogP contribution >= 0.6 is 0 Å². The van der Waals surface area contributed by atoms with Crippen molar-refractivity contribution in [1.82, 2.24) is 0 Å². The van der Waals surface area contributed by atoms with Crippen molar-refractivity contribution in [1.29, 1.82) is 0 Å². The number of aryl methyl sites for hydroxylation is 1. The molecule has 1 aliphatic heterocycles. The van der Waals surface area contributed by atoms with Crippen LogP contribution in [0.4, 0.5) is 11.4 Å². The van der Waals surface area contributed by atoms with Crippen molar-refractivity contribution in [2.24, 2.45) is 0 Å². The van der Waals surface area contributed by atoms with Gasteiger partial charge < -0.3 is 14.7 Å². The van der Waals surface area contributed by atoms with Crippen LogP contribution in [0, 0.1) is 6.92 Å². The first-order valence-corrected chi connectivity index (χ1v) is 12.3. The molecule has 1 saturated heterocycles. The van der Waals surface area contributed by atoms with Crippen LogP contribution in [0.3, 0.4) is 0 Å². The molecule has 3 aromatic carbocycles. The van der Waals surface area contributed by atoms with E-state index in [2.05, 4.69) is 20.8 Å². The Morgan fingerprint density at radius 3 is 2.11 bits per heavy atom. The number of carbonyl (C=O) groups excluding carboxylic acids is 2. The second kappa shape index (κ2) is 9.77. The largest absolute Gasteiger partial charge is 0.507 e. The number of Topliss-reactive ketones (excluding diaryl/α,β-unsaturated/α-hetero) is 1. The highest BCUT2D eigenvalue weighted by molar-refractivity contribution is 6.51. The van der Waals surface area contributed by atoms with Crippen molar-refractivity contribution in [3.63, 3.8) is 0 Å². The average molecular weight is 499 g/mol. The molecule has 37 heavy (non-hydrogen) atoms. The molecule has 1 N–H and O–H groups in total. The molecule has 0 radical (unpaired) electrons. The van der Waals surface area contributed by atoms with Crippen molar-refractivity contribution < 1.29 is 19.4 Å². The van der Waals surface area contributed by atoms with Crippen LogP contribution in [-0.4, -0.2) is 38.0 Å². The number of benzene rings is 3. The molecule has 0 aliphatic carbocycles. The second-order valence-electron chi connectivity index (χ2n) is 10.7. The fourth-order valence-electron chi connectivity index (χ4n) is 4.64. The summed E-state index contributed by atoms with van der Waals surface area (Å²) >= 11 is 0. The molecule has 192 valence electrons. The number of ketones is 1. The molecule has 1 amide bonds. The van der Waals surface area contributed by atoms with E-state index in [1.165, 1.54) is 12.0 Å². The molecule has 0 spiro atoms. The Bertz CT molecular complexity index is 1360. The van der Waals surface area contributed by atoms with Crippen molar-refractivity contribution in [3.05, 3.63) is 94.6 Å². The number of hydrogen-bond acceptors (Lipinski definition) is 5. The van der Waals surface area contributed by atoms with Gasteiger partial charge in [-0.25, -0.2) is 0 Å². The van der Waals surface area contributed by atoms with Gasteiger partial charge in [0.1, 0.15) is 11.5 Å². The summed E-state index contributed by atoms with van der Waals surface area (Å²) in [4.78, 5) is 30.5. The predicted molar refractivity (Wildman–Crippen MR) is 148 cm³/mol. The van der Waals surface area contributed by atoms with Gasteiger partial charge in [0.05, 0.1) is 24.3 Å². The minimum Gasteiger partial charge on any atom is -0.507 e. The number of nitrogens with zero attached hydrogens (tertiary/aromatic N) is 2. The molecule has 1 unspecified atom stereocenters. The minimum absolute atomic E-state index is 0.0337. The first kappa shape index (κ1) is 26.0. The number of amides is 1. The van der Waals surface area contributed by atoms with Gasteiger partial charge in [-0.2, -0.15) is 0 Å². The molecular weight excluding hydrogens is 464 g/mol. The topological polar surface area (TPSA) is 70.1 Å². The third kappa shape index (κ3) is 4.84. The minimum atomic E-state index is -0.804. The van der Waals surface area contributed by atoms with Crippen LogP contribution in [0.15, 0.2) is 72.3 Å². The van der Waals surface area contributed by atoms with Gasteiger partial charge in [0, 0.05) is 25.5 Å². The van der Waals surface area contributed by atoms with E-state index < -0.39 is 17.7 Å². The van der Waals surface area contributed by atoms with E-state index in [0.717, 1.165) is 22.4 Å². The zero-order valence-electron chi connectivity index (χ0n) is 22.5. The van der Waals surface area contributed by atoms with Crippen LogP contribution in [0.25, 0.3) is 5.76 Å². The Morgan fingerprint density at radius 2 is 1.57 bits per heavy atom. The fourth-order valence-corrected chi connectivity index (χ4v) is 4.64. The number of rotatable bonds is 5. The lowest BCUT2D eigenvalue weighted by molar-refractivity contribution is -0.132. The summed E-state index contributed by atoms with van der Waals surface area (Å²) < 4.78 is 5.47. The maximum absolute atomic E-state index is 13.5. The monoisotopic (exact) mass is 498 g/mol. The highest BCUT2D eigenvalue weighted by atomic mass is 16.5. The van der Waals surface area contributed by atoms with Crippen molar-refractivity contribution in [3.8, 4) is 5.75 Å². The Morgan fingerprint density at radius 1 is 0.946 bits per heavy atom. The molecule has 1 heterocycles. The Hall–Kier alpha value is -4.06. The lowest BCUT2D eigenvalue weighted by Crippen LogP contribution is -2.29. The van der Waals surface area contributed by atoms with E-state index in [1.54, 1.807) is 12.1 Å². The van der Waals surface area contributed by atoms with Crippen LogP contribution in [0.2, 0.25) is 0 Å². The zero-order chi connectivity index (χ0) is 27.1. The Balaban J connectivity index is 1.94. The Kier molecular flexibility index (Phi) is 6.87. The molecule has 0 aromatic heterocycles. The first-order valence-electron chi connectivity index (χ1n) is 12.3. The van der Waals surface area contributed by atoms with Gasteiger partial charge in [0.2, 0.25) is 0 Å². The van der Waals surface area contributed by atoms with Gasteiger partial charge in [-0.15, -0.1) is 0 Å². The molecule has 0 bridgehead atoms. The molecule has 0 saturated carbocycles. The summed E-state index contributed by atoms with van der Waals surface area (Å²) in [5, 5.41) is 11.5.